The Kier molecular flexibility index (Phi) is 6.36. The highest BCUT2D eigenvalue weighted by molar-refractivity contribution is 7.85. The predicted octanol–water partition coefficient (Wildman–Crippen LogP) is 3.72. The van der Waals surface area contributed by atoms with Gasteiger partial charge in [0.05, 0.1) is 4.90 Å². The number of hydrogen-bond donors (Lipinski definition) is 1. The van der Waals surface area contributed by atoms with Crippen molar-refractivity contribution in [2.45, 2.75) is 50.8 Å². The average Bonchev–Trinajstić information content (AvgIpc) is 2.37. The summed E-state index contributed by atoms with van der Waals surface area (Å²) >= 11 is 0. The third kappa shape index (κ3) is 5.84. The van der Waals surface area contributed by atoms with Crippen molar-refractivity contribution < 1.29 is 17.8 Å². The second kappa shape index (κ2) is 7.55. The van der Waals surface area contributed by atoms with Crippen molar-refractivity contribution in [2.75, 3.05) is 0 Å². The molecule has 0 bridgehead atoms. The SMILES string of the molecule is CC(C)CCCCCC(=O)c1ccc(S(=O)(=O)O)cc1. The number of rotatable bonds is 8. The number of benzene rings is 1. The smallest absolute Gasteiger partial charge is 0.294 e. The fourth-order valence-corrected chi connectivity index (χ4v) is 2.45. The van der Waals surface area contributed by atoms with Crippen LogP contribution in [0.15, 0.2) is 29.2 Å². The number of ketones is 1. The molecule has 0 aliphatic carbocycles. The van der Waals surface area contributed by atoms with Crippen molar-refractivity contribution >= 4 is 15.9 Å². The zero-order chi connectivity index (χ0) is 15.2. The Labute approximate surface area is 121 Å². The van der Waals surface area contributed by atoms with Gasteiger partial charge in [-0.3, -0.25) is 9.35 Å². The third-order valence-electron chi connectivity index (χ3n) is 3.16. The van der Waals surface area contributed by atoms with Crippen LogP contribution in [0.25, 0.3) is 0 Å². The molecule has 0 aliphatic heterocycles. The van der Waals surface area contributed by atoms with Gasteiger partial charge in [0.2, 0.25) is 0 Å². The van der Waals surface area contributed by atoms with Gasteiger partial charge in [-0.2, -0.15) is 8.42 Å². The van der Waals surface area contributed by atoms with E-state index in [0.29, 0.717) is 17.9 Å². The monoisotopic (exact) mass is 298 g/mol. The summed E-state index contributed by atoms with van der Waals surface area (Å²) in [4.78, 5) is 11.7. The van der Waals surface area contributed by atoms with Crippen LogP contribution in [0.4, 0.5) is 0 Å². The Morgan fingerprint density at radius 1 is 1.10 bits per heavy atom. The molecule has 112 valence electrons. The van der Waals surface area contributed by atoms with Crippen LogP contribution in [0.5, 0.6) is 0 Å². The largest absolute Gasteiger partial charge is 0.294 e. The summed E-state index contributed by atoms with van der Waals surface area (Å²) in [6.07, 6.45) is 4.67. The fourth-order valence-electron chi connectivity index (χ4n) is 1.97. The Morgan fingerprint density at radius 2 is 1.70 bits per heavy atom. The number of Topliss-reactive ketones (excluding diaryl/α,β-unsaturated/α-hetero) is 1. The molecule has 0 aliphatic rings. The van der Waals surface area contributed by atoms with Crippen LogP contribution < -0.4 is 0 Å². The van der Waals surface area contributed by atoms with E-state index >= 15 is 0 Å². The van der Waals surface area contributed by atoms with E-state index in [0.717, 1.165) is 19.3 Å². The molecular formula is C15H22O4S. The zero-order valence-electron chi connectivity index (χ0n) is 12.0. The predicted molar refractivity (Wildman–Crippen MR) is 78.5 cm³/mol. The van der Waals surface area contributed by atoms with Gasteiger partial charge in [0, 0.05) is 12.0 Å². The first-order valence-electron chi connectivity index (χ1n) is 6.91. The van der Waals surface area contributed by atoms with Gasteiger partial charge in [-0.15, -0.1) is 0 Å². The van der Waals surface area contributed by atoms with Crippen LogP contribution in [0.3, 0.4) is 0 Å². The molecule has 1 N–H and O–H groups in total. The van der Waals surface area contributed by atoms with Gasteiger partial charge < -0.3 is 0 Å². The standard InChI is InChI=1S/C15H22O4S/c1-12(2)6-4-3-5-7-15(16)13-8-10-14(11-9-13)20(17,18)19/h8-12H,3-7H2,1-2H3,(H,17,18,19). The molecule has 0 saturated heterocycles. The molecule has 0 atom stereocenters. The van der Waals surface area contributed by atoms with Gasteiger partial charge in [-0.25, -0.2) is 0 Å². The number of carbonyl (C=O) groups excluding carboxylic acids is 1. The van der Waals surface area contributed by atoms with Gasteiger partial charge in [-0.1, -0.05) is 45.2 Å². The Balaban J connectivity index is 2.44. The molecule has 1 rings (SSSR count). The molecule has 5 heteroatoms. The van der Waals surface area contributed by atoms with Crippen LogP contribution in [-0.2, 0) is 10.1 Å². The van der Waals surface area contributed by atoms with Gasteiger partial charge in [0.1, 0.15) is 0 Å². The summed E-state index contributed by atoms with van der Waals surface area (Å²) in [6.45, 7) is 4.36. The van der Waals surface area contributed by atoms with E-state index in [-0.39, 0.29) is 10.7 Å². The molecule has 0 saturated carbocycles. The van der Waals surface area contributed by atoms with E-state index < -0.39 is 10.1 Å². The third-order valence-corrected chi connectivity index (χ3v) is 4.03. The maximum absolute atomic E-state index is 11.9. The number of carbonyl (C=O) groups is 1. The topological polar surface area (TPSA) is 71.4 Å². The summed E-state index contributed by atoms with van der Waals surface area (Å²) in [7, 11) is -4.19. The Morgan fingerprint density at radius 3 is 2.20 bits per heavy atom. The molecule has 1 aromatic carbocycles. The molecule has 0 spiro atoms. The zero-order valence-corrected chi connectivity index (χ0v) is 12.8. The maximum atomic E-state index is 11.9. The van der Waals surface area contributed by atoms with E-state index in [1.54, 1.807) is 0 Å². The molecular weight excluding hydrogens is 276 g/mol. The van der Waals surface area contributed by atoms with Crippen molar-refractivity contribution in [3.63, 3.8) is 0 Å². The van der Waals surface area contributed by atoms with Gasteiger partial charge in [0.25, 0.3) is 10.1 Å². The van der Waals surface area contributed by atoms with Crippen LogP contribution in [0.1, 0.15) is 56.3 Å². The Hall–Kier alpha value is -1.20. The first kappa shape index (κ1) is 16.9. The molecule has 0 amide bonds. The van der Waals surface area contributed by atoms with Crippen molar-refractivity contribution in [3.05, 3.63) is 29.8 Å². The van der Waals surface area contributed by atoms with E-state index in [9.17, 15) is 13.2 Å². The highest BCUT2D eigenvalue weighted by Gasteiger charge is 2.11. The van der Waals surface area contributed by atoms with Crippen LogP contribution in [-0.4, -0.2) is 18.8 Å². The first-order chi connectivity index (χ1) is 9.30. The first-order valence-corrected chi connectivity index (χ1v) is 8.35. The maximum Gasteiger partial charge on any atom is 0.294 e. The molecule has 0 fully saturated rings. The minimum absolute atomic E-state index is 0.0106. The van der Waals surface area contributed by atoms with Crippen LogP contribution in [0.2, 0.25) is 0 Å². The molecule has 0 unspecified atom stereocenters. The van der Waals surface area contributed by atoms with E-state index in [1.165, 1.54) is 30.7 Å². The molecule has 0 aromatic heterocycles. The van der Waals surface area contributed by atoms with Gasteiger partial charge >= 0.3 is 0 Å². The summed E-state index contributed by atoms with van der Waals surface area (Å²) in [5.41, 5.74) is 0.487. The lowest BCUT2D eigenvalue weighted by molar-refractivity contribution is 0.0979. The lowest BCUT2D eigenvalue weighted by Crippen LogP contribution is -2.02. The van der Waals surface area contributed by atoms with Crippen LogP contribution >= 0.6 is 0 Å². The van der Waals surface area contributed by atoms with Crippen molar-refractivity contribution in [3.8, 4) is 0 Å². The van der Waals surface area contributed by atoms with Gasteiger partial charge in [0.15, 0.2) is 5.78 Å². The number of hydrogen-bond acceptors (Lipinski definition) is 3. The second-order valence-electron chi connectivity index (χ2n) is 5.42. The highest BCUT2D eigenvalue weighted by atomic mass is 32.2. The average molecular weight is 298 g/mol. The van der Waals surface area contributed by atoms with Crippen molar-refractivity contribution in [1.29, 1.82) is 0 Å². The fraction of sp³-hybridized carbons (Fsp3) is 0.533. The summed E-state index contributed by atoms with van der Waals surface area (Å²) in [5, 5.41) is 0. The summed E-state index contributed by atoms with van der Waals surface area (Å²) < 4.78 is 30.6. The molecule has 4 nitrogen and oxygen atoms in total. The summed E-state index contributed by atoms with van der Waals surface area (Å²) in [5.74, 6) is 0.704. The quantitative estimate of drug-likeness (QED) is 0.451. The molecule has 0 radical (unpaired) electrons. The lowest BCUT2D eigenvalue weighted by atomic mass is 10.0. The second-order valence-corrected chi connectivity index (χ2v) is 6.84. The van der Waals surface area contributed by atoms with E-state index in [4.69, 9.17) is 4.55 Å². The summed E-state index contributed by atoms with van der Waals surface area (Å²) in [6, 6.07) is 5.39. The van der Waals surface area contributed by atoms with E-state index in [1.807, 2.05) is 0 Å². The normalized spacial score (nSPS) is 11.8. The molecule has 1 aromatic rings. The van der Waals surface area contributed by atoms with Crippen LogP contribution in [0, 0.1) is 5.92 Å². The van der Waals surface area contributed by atoms with Gasteiger partial charge in [-0.05, 0) is 24.5 Å². The minimum Gasteiger partial charge on any atom is -0.294 e. The van der Waals surface area contributed by atoms with Crippen molar-refractivity contribution in [2.24, 2.45) is 5.92 Å². The molecule has 20 heavy (non-hydrogen) atoms. The molecule has 0 heterocycles. The Bertz CT molecular complexity index is 529. The number of unbranched alkanes of at least 4 members (excludes halogenated alkanes) is 2. The minimum atomic E-state index is -4.19. The highest BCUT2D eigenvalue weighted by Crippen LogP contribution is 2.14. The lowest BCUT2D eigenvalue weighted by Gasteiger charge is -2.04. The van der Waals surface area contributed by atoms with E-state index in [2.05, 4.69) is 13.8 Å². The van der Waals surface area contributed by atoms with Crippen molar-refractivity contribution in [1.82, 2.24) is 0 Å².